The van der Waals surface area contributed by atoms with Crippen LogP contribution in [0.15, 0.2) is 27.3 Å². The van der Waals surface area contributed by atoms with Gasteiger partial charge in [0.15, 0.2) is 5.78 Å². The van der Waals surface area contributed by atoms with Crippen LogP contribution in [-0.2, 0) is 4.79 Å². The topological polar surface area (TPSA) is 29.4 Å². The Morgan fingerprint density at radius 2 is 1.87 bits per heavy atom. The van der Waals surface area contributed by atoms with Crippen molar-refractivity contribution < 1.29 is 39.0 Å². The van der Waals surface area contributed by atoms with Crippen LogP contribution < -0.4 is 0 Å². The van der Waals surface area contributed by atoms with Crippen LogP contribution in [0.4, 0.5) is 0 Å². The van der Waals surface area contributed by atoms with E-state index in [1.807, 2.05) is 20.8 Å². The Balaban J connectivity index is -0.00000000508. The molecule has 0 aromatic heterocycles. The minimum atomic E-state index is 0. The average Bonchev–Trinajstić information content (AvgIpc) is 2.23. The quantitative estimate of drug-likeness (QED) is 0.396. The van der Waals surface area contributed by atoms with Crippen molar-refractivity contribution in [2.45, 2.75) is 46.6 Å². The Kier molecular flexibility index (Phi) is 2.37. The maximum Gasteiger partial charge on any atom is 0.185 e. The lowest BCUT2D eigenvalue weighted by molar-refractivity contribution is -0.112. The third-order valence-electron chi connectivity index (χ3n) is 3.50. The van der Waals surface area contributed by atoms with Gasteiger partial charge in [0.2, 0.25) is 0 Å². The molecule has 1 aliphatic carbocycles. The summed E-state index contributed by atoms with van der Waals surface area (Å²) in [4.78, 5) is 16.6. The lowest BCUT2D eigenvalue weighted by Gasteiger charge is -2.27. The molecule has 1 atom stereocenters. The van der Waals surface area contributed by atoms with Crippen LogP contribution in [0.2, 0.25) is 0 Å². The molecule has 0 radical (unpaired) electrons. The Labute approximate surface area is 126 Å². The Bertz CT molecular complexity index is 461. The fourth-order valence-corrected chi connectivity index (χ4v) is 2.29. The van der Waals surface area contributed by atoms with Gasteiger partial charge < -0.3 is 0 Å². The zero-order chi connectivity index (χ0) is 11.2. The van der Waals surface area contributed by atoms with Crippen LogP contribution in [0, 0.1) is 0 Å². The van der Waals surface area contributed by atoms with Crippen molar-refractivity contribution in [2.24, 2.45) is 4.99 Å². The highest BCUT2D eigenvalue weighted by atomic mass is 16.1. The van der Waals surface area contributed by atoms with Gasteiger partial charge in [-0.3, -0.25) is 9.79 Å². The summed E-state index contributed by atoms with van der Waals surface area (Å²) >= 11 is 0. The summed E-state index contributed by atoms with van der Waals surface area (Å²) in [5, 5.41) is 0. The maximum atomic E-state index is 11.9. The molecular weight excluding hydrogens is 186 g/mol. The molecule has 0 saturated carbocycles. The third-order valence-corrected chi connectivity index (χ3v) is 3.50. The Hall–Kier alpha value is -1.18. The van der Waals surface area contributed by atoms with Gasteiger partial charge in [0.05, 0.1) is 5.71 Å². The molecule has 2 nitrogen and oxygen atoms in total. The van der Waals surface area contributed by atoms with E-state index in [0.29, 0.717) is 6.04 Å². The third kappa shape index (κ3) is 1.48. The minimum Gasteiger partial charge on any atom is -0.289 e. The van der Waals surface area contributed by atoms with E-state index in [4.69, 9.17) is 0 Å². The molecule has 128 valence electrons. The second-order valence-corrected chi connectivity index (χ2v) is 4.55. The van der Waals surface area contributed by atoms with Crippen LogP contribution in [-0.4, -0.2) is 17.5 Å². The summed E-state index contributed by atoms with van der Waals surface area (Å²) in [6.45, 7) is 7.98. The second kappa shape index (κ2) is 3.44. The molecule has 0 bridgehead atoms. The van der Waals surface area contributed by atoms with Gasteiger partial charge in [0, 0.05) is 51.4 Å². The number of hydrogen-bond donors (Lipinski definition) is 0. The van der Waals surface area contributed by atoms with Gasteiger partial charge in [-0.05, 0) is 51.7 Å². The second-order valence-electron chi connectivity index (χ2n) is 4.55. The van der Waals surface area contributed by atoms with Crippen molar-refractivity contribution in [3.8, 4) is 0 Å². The number of rotatable bonds is 0. The molecule has 0 aromatic rings. The summed E-state index contributed by atoms with van der Waals surface area (Å²) in [7, 11) is 0. The van der Waals surface area contributed by atoms with Crippen molar-refractivity contribution in [3.05, 3.63) is 22.3 Å². The Morgan fingerprint density at radius 1 is 1.20 bits per heavy atom. The van der Waals surface area contributed by atoms with E-state index in [1.165, 1.54) is 5.57 Å². The highest BCUT2D eigenvalue weighted by Gasteiger charge is 2.28. The van der Waals surface area contributed by atoms with Crippen molar-refractivity contribution in [3.63, 3.8) is 0 Å². The van der Waals surface area contributed by atoms with Gasteiger partial charge in [0.1, 0.15) is 0 Å². The normalized spacial score (nSPS) is 26.8. The number of carbonyl (C=O) groups is 1. The molecule has 2 rings (SSSR count). The highest BCUT2D eigenvalue weighted by molar-refractivity contribution is 6.26. The lowest BCUT2D eigenvalue weighted by Crippen LogP contribution is -2.25. The molecule has 0 saturated heterocycles. The molecule has 0 spiro atoms. The van der Waals surface area contributed by atoms with Gasteiger partial charge in [-0.15, -0.1) is 0 Å². The number of Topliss-reactive ketones (excluding diaryl/α,β-unsaturated/α-hetero) is 1. The van der Waals surface area contributed by atoms with Gasteiger partial charge >= 0.3 is 0 Å². The number of fused-ring (bicyclic) bond motifs is 1. The van der Waals surface area contributed by atoms with Crippen LogP contribution >= 0.6 is 0 Å². The van der Waals surface area contributed by atoms with E-state index in [1.54, 1.807) is 0 Å². The van der Waals surface area contributed by atoms with E-state index in [-0.39, 0.29) is 40.0 Å². The van der Waals surface area contributed by atoms with Crippen LogP contribution in [0.1, 0.15) is 74.8 Å². The van der Waals surface area contributed by atoms with Crippen molar-refractivity contribution in [1.29, 1.82) is 0 Å². The van der Waals surface area contributed by atoms with Crippen molar-refractivity contribution in [1.82, 2.24) is 0 Å². The number of nitrogens with zero attached hydrogens (tertiary/aromatic N) is 1. The molecular formula is C13H65NO. The predicted molar refractivity (Wildman–Crippen MR) is 113 cm³/mol. The molecule has 0 N–H and O–H groups in total. The van der Waals surface area contributed by atoms with Gasteiger partial charge in [0.25, 0.3) is 0 Å². The molecule has 15 heavy (non-hydrogen) atoms. The molecule has 2 heteroatoms. The zero-order valence-electron chi connectivity index (χ0n) is 9.85. The van der Waals surface area contributed by atoms with E-state index in [2.05, 4.69) is 11.9 Å². The summed E-state index contributed by atoms with van der Waals surface area (Å²) in [5.74, 6) is 0.205. The first-order valence-corrected chi connectivity index (χ1v) is 5.53. The first-order valence-electron chi connectivity index (χ1n) is 5.53. The number of carbonyl (C=O) groups excluding carboxylic acids is 1. The summed E-state index contributed by atoms with van der Waals surface area (Å²) < 4.78 is 0. The first kappa shape index (κ1) is 10.3. The van der Waals surface area contributed by atoms with Crippen molar-refractivity contribution in [2.75, 3.05) is 0 Å². The molecule has 1 aliphatic heterocycles. The van der Waals surface area contributed by atoms with Gasteiger partial charge in [-0.2, -0.15) is 0 Å². The van der Waals surface area contributed by atoms with E-state index < -0.39 is 0 Å². The van der Waals surface area contributed by atoms with Crippen LogP contribution in [0.5, 0.6) is 0 Å². The summed E-state index contributed by atoms with van der Waals surface area (Å²) in [6.07, 6.45) is 2.07. The number of ketones is 1. The summed E-state index contributed by atoms with van der Waals surface area (Å²) in [6, 6.07) is 0.396. The van der Waals surface area contributed by atoms with Crippen LogP contribution in [0.3, 0.4) is 0 Å². The van der Waals surface area contributed by atoms with E-state index in [0.717, 1.165) is 35.3 Å². The first-order chi connectivity index (χ1) is 7.02. The number of allylic oxidation sites excluding steroid dienone is 4. The minimum absolute atomic E-state index is 0. The van der Waals surface area contributed by atoms with Gasteiger partial charge in [-0.1, -0.05) is 0 Å². The molecule has 1 unspecified atom stereocenters. The molecule has 0 fully saturated rings. The summed E-state index contributed by atoms with van der Waals surface area (Å²) in [5.41, 5.74) is 5.12. The SMILES string of the molecule is CC1=C(C)C2=NC(C)CCC2=C(C)C1=O.[HH].[HH].[HH].[HH].[HH].[HH].[HH].[HH].[HH].[HH].[HH].[HH].[HH].[HH].[HH].[HH].[HH].[HH].[HH].[HH].[HH].[HH].[HH].[HH]. The average molecular weight is 252 g/mol. The Morgan fingerprint density at radius 3 is 2.53 bits per heavy atom. The molecule has 1 heterocycles. The fraction of sp³-hybridized carbons (Fsp3) is 0.538. The highest BCUT2D eigenvalue weighted by Crippen LogP contribution is 2.31. The van der Waals surface area contributed by atoms with Gasteiger partial charge in [-0.25, -0.2) is 0 Å². The molecule has 2 aliphatic rings. The van der Waals surface area contributed by atoms with Crippen LogP contribution in [0.25, 0.3) is 0 Å². The largest absolute Gasteiger partial charge is 0.289 e. The lowest BCUT2D eigenvalue weighted by atomic mass is 9.81. The number of hydrogen-bond acceptors (Lipinski definition) is 2. The maximum absolute atomic E-state index is 11.9. The smallest absolute Gasteiger partial charge is 0.185 e. The molecule has 0 amide bonds. The zero-order valence-corrected chi connectivity index (χ0v) is 9.85. The van der Waals surface area contributed by atoms with E-state index >= 15 is 0 Å². The number of aliphatic imine (C=N–C) groups is 1. The van der Waals surface area contributed by atoms with Crippen molar-refractivity contribution >= 4 is 11.5 Å². The monoisotopic (exact) mass is 252 g/mol. The standard InChI is InChI=1S/C13H17NO.24H2/c1-7-5-6-11-10(4)13(15)9(3)8(2)12(11)14-7;;;;;;;;;;;;;;;;;;;;;;;;/h7H,5-6H2,1-4H3;24*1H. The molecule has 0 aromatic carbocycles. The predicted octanol–water partition coefficient (Wildman–Crippen LogP) is 8.75. The van der Waals surface area contributed by atoms with E-state index in [9.17, 15) is 4.79 Å². The fourth-order valence-electron chi connectivity index (χ4n) is 2.29.